The molecule has 2 aromatic rings. The second kappa shape index (κ2) is 7.50. The van der Waals surface area contributed by atoms with Crippen LogP contribution >= 0.6 is 11.3 Å². The summed E-state index contributed by atoms with van der Waals surface area (Å²) < 4.78 is 27.0. The SMILES string of the molecule is [C-]#[N+]c1cncc(-c2sc(C(=O)CN3C(=O)NC4(CCC(F)(F)CC4)C3=O)cc2C)c1. The topological polar surface area (TPSA) is 83.7 Å². The number of amides is 3. The number of thiophene rings is 1. The minimum Gasteiger partial charge on any atom is -0.323 e. The van der Waals surface area contributed by atoms with Gasteiger partial charge in [-0.15, -0.1) is 11.3 Å². The van der Waals surface area contributed by atoms with Crippen molar-refractivity contribution in [3.63, 3.8) is 0 Å². The zero-order chi connectivity index (χ0) is 22.4. The summed E-state index contributed by atoms with van der Waals surface area (Å²) in [4.78, 5) is 47.4. The molecule has 10 heteroatoms. The highest BCUT2D eigenvalue weighted by molar-refractivity contribution is 7.17. The summed E-state index contributed by atoms with van der Waals surface area (Å²) in [6.07, 6.45) is 1.78. The number of alkyl halides is 2. The number of imide groups is 1. The third-order valence-electron chi connectivity index (χ3n) is 5.69. The zero-order valence-electron chi connectivity index (χ0n) is 16.6. The second-order valence-corrected chi connectivity index (χ2v) is 8.90. The van der Waals surface area contributed by atoms with Crippen LogP contribution in [0.3, 0.4) is 0 Å². The van der Waals surface area contributed by atoms with Gasteiger partial charge in [-0.1, -0.05) is 0 Å². The van der Waals surface area contributed by atoms with Crippen LogP contribution in [0.15, 0.2) is 24.5 Å². The summed E-state index contributed by atoms with van der Waals surface area (Å²) in [6, 6.07) is 2.61. The predicted molar refractivity (Wildman–Crippen MR) is 109 cm³/mol. The van der Waals surface area contributed by atoms with Gasteiger partial charge in [-0.25, -0.2) is 18.4 Å². The van der Waals surface area contributed by atoms with Crippen LogP contribution < -0.4 is 5.32 Å². The molecule has 0 atom stereocenters. The van der Waals surface area contributed by atoms with Gasteiger partial charge in [-0.05, 0) is 43.0 Å². The highest BCUT2D eigenvalue weighted by Gasteiger charge is 2.55. The molecule has 1 spiro atoms. The summed E-state index contributed by atoms with van der Waals surface area (Å²) in [5, 5.41) is 2.54. The van der Waals surface area contributed by atoms with Crippen LogP contribution in [-0.2, 0) is 4.79 Å². The molecule has 1 aliphatic heterocycles. The highest BCUT2D eigenvalue weighted by atomic mass is 32.1. The van der Waals surface area contributed by atoms with E-state index in [4.69, 9.17) is 6.57 Å². The van der Waals surface area contributed by atoms with Gasteiger partial charge in [0.1, 0.15) is 5.54 Å². The minimum absolute atomic E-state index is 0.151. The molecule has 31 heavy (non-hydrogen) atoms. The first-order chi connectivity index (χ1) is 14.6. The summed E-state index contributed by atoms with van der Waals surface area (Å²) in [5.41, 5.74) is 0.537. The standard InChI is InChI=1S/C21H18F2N4O3S/c1-12-7-16(31-17(12)13-8-14(24-2)10-25-9-13)15(28)11-27-18(29)20(26-19(27)30)3-5-21(22,23)6-4-20/h7-10H,3-6,11H2,1H3,(H,26,30). The lowest BCUT2D eigenvalue weighted by Gasteiger charge is -2.34. The number of nitrogens with one attached hydrogen (secondary N) is 1. The first kappa shape index (κ1) is 21.1. The Labute approximate surface area is 180 Å². The summed E-state index contributed by atoms with van der Waals surface area (Å²) in [5.74, 6) is -3.89. The Morgan fingerprint density at radius 3 is 2.65 bits per heavy atom. The fraction of sp³-hybridized carbons (Fsp3) is 0.381. The normalized spacial score (nSPS) is 19.4. The lowest BCUT2D eigenvalue weighted by atomic mass is 9.80. The van der Waals surface area contributed by atoms with E-state index in [0.29, 0.717) is 16.1 Å². The molecule has 3 heterocycles. The number of hydrogen-bond donors (Lipinski definition) is 1. The van der Waals surface area contributed by atoms with Gasteiger partial charge in [-0.3, -0.25) is 19.5 Å². The Bertz CT molecular complexity index is 1130. The minimum atomic E-state index is -2.84. The molecule has 1 saturated heterocycles. The maximum Gasteiger partial charge on any atom is 0.325 e. The number of halogens is 2. The Morgan fingerprint density at radius 1 is 1.26 bits per heavy atom. The maximum atomic E-state index is 13.5. The third kappa shape index (κ3) is 3.81. The molecule has 2 aliphatic rings. The van der Waals surface area contributed by atoms with Crippen molar-refractivity contribution in [2.75, 3.05) is 6.54 Å². The molecule has 7 nitrogen and oxygen atoms in total. The number of aromatic nitrogens is 1. The summed E-state index contributed by atoms with van der Waals surface area (Å²) >= 11 is 1.19. The first-order valence-electron chi connectivity index (χ1n) is 9.63. The molecule has 1 N–H and O–H groups in total. The van der Waals surface area contributed by atoms with Crippen molar-refractivity contribution in [2.45, 2.75) is 44.1 Å². The number of pyridine rings is 1. The van der Waals surface area contributed by atoms with E-state index in [1.54, 1.807) is 18.3 Å². The zero-order valence-corrected chi connectivity index (χ0v) is 17.4. The van der Waals surface area contributed by atoms with Crippen LogP contribution in [-0.4, -0.2) is 45.6 Å². The molecule has 1 aliphatic carbocycles. The number of rotatable bonds is 4. The van der Waals surface area contributed by atoms with Crippen LogP contribution in [0.5, 0.6) is 0 Å². The van der Waals surface area contributed by atoms with Crippen molar-refractivity contribution in [3.05, 3.63) is 46.4 Å². The van der Waals surface area contributed by atoms with Crippen molar-refractivity contribution < 1.29 is 23.2 Å². The van der Waals surface area contributed by atoms with E-state index < -0.39 is 48.6 Å². The molecule has 0 radical (unpaired) electrons. The van der Waals surface area contributed by atoms with Crippen molar-refractivity contribution in [1.82, 2.24) is 15.2 Å². The van der Waals surface area contributed by atoms with Crippen molar-refractivity contribution in [1.29, 1.82) is 0 Å². The number of hydrogen-bond acceptors (Lipinski definition) is 5. The van der Waals surface area contributed by atoms with Gasteiger partial charge >= 0.3 is 6.03 Å². The first-order valence-corrected chi connectivity index (χ1v) is 10.4. The average molecular weight is 444 g/mol. The molecule has 0 aromatic carbocycles. The van der Waals surface area contributed by atoms with Crippen LogP contribution in [0.4, 0.5) is 19.3 Å². The predicted octanol–water partition coefficient (Wildman–Crippen LogP) is 4.35. The number of ketones is 1. The molecule has 2 aromatic heterocycles. The molecule has 3 amide bonds. The van der Waals surface area contributed by atoms with Crippen LogP contribution in [0.2, 0.25) is 0 Å². The highest BCUT2D eigenvalue weighted by Crippen LogP contribution is 2.41. The van der Waals surface area contributed by atoms with E-state index in [9.17, 15) is 23.2 Å². The quantitative estimate of drug-likeness (QED) is 0.432. The lowest BCUT2D eigenvalue weighted by molar-refractivity contribution is -0.135. The molecule has 160 valence electrons. The molecule has 0 bridgehead atoms. The number of aryl methyl sites for hydroxylation is 1. The van der Waals surface area contributed by atoms with Crippen molar-refractivity contribution in [2.24, 2.45) is 0 Å². The van der Waals surface area contributed by atoms with Crippen molar-refractivity contribution >= 4 is 34.7 Å². The fourth-order valence-corrected chi connectivity index (χ4v) is 5.03. The molecule has 0 unspecified atom stereocenters. The summed E-state index contributed by atoms with van der Waals surface area (Å²) in [7, 11) is 0. The average Bonchev–Trinajstić information content (AvgIpc) is 3.24. The smallest absolute Gasteiger partial charge is 0.323 e. The Kier molecular flexibility index (Phi) is 5.09. The summed E-state index contributed by atoms with van der Waals surface area (Å²) in [6.45, 7) is 8.48. The molecule has 4 rings (SSSR count). The molecule has 2 fully saturated rings. The van der Waals surface area contributed by atoms with Crippen molar-refractivity contribution in [3.8, 4) is 10.4 Å². The molecule has 1 saturated carbocycles. The molecular weight excluding hydrogens is 426 g/mol. The van der Waals surface area contributed by atoms with Crippen LogP contribution in [0, 0.1) is 13.5 Å². The van der Waals surface area contributed by atoms with E-state index in [1.807, 2.05) is 6.92 Å². The Hall–Kier alpha value is -3.19. The van der Waals surface area contributed by atoms with Crippen LogP contribution in [0.25, 0.3) is 15.3 Å². The number of carbonyl (C=O) groups is 3. The van der Waals surface area contributed by atoms with Crippen LogP contribution in [0.1, 0.15) is 40.9 Å². The maximum absolute atomic E-state index is 13.5. The van der Waals surface area contributed by atoms with E-state index >= 15 is 0 Å². The van der Waals surface area contributed by atoms with Gasteiger partial charge in [0.25, 0.3) is 5.91 Å². The number of Topliss-reactive ketones (excluding diaryl/α,β-unsaturated/α-hetero) is 1. The van der Waals surface area contributed by atoms with Gasteiger partial charge in [0.2, 0.25) is 11.6 Å². The Balaban J connectivity index is 1.52. The molecular formula is C21H18F2N4O3S. The van der Waals surface area contributed by atoms with E-state index in [1.165, 1.54) is 17.5 Å². The van der Waals surface area contributed by atoms with Gasteiger partial charge < -0.3 is 5.32 Å². The largest absolute Gasteiger partial charge is 0.325 e. The van der Waals surface area contributed by atoms with E-state index in [2.05, 4.69) is 15.1 Å². The monoisotopic (exact) mass is 444 g/mol. The van der Waals surface area contributed by atoms with E-state index in [0.717, 1.165) is 15.3 Å². The van der Waals surface area contributed by atoms with E-state index in [-0.39, 0.29) is 12.8 Å². The van der Waals surface area contributed by atoms with Gasteiger partial charge in [0.15, 0.2) is 5.78 Å². The lowest BCUT2D eigenvalue weighted by Crippen LogP contribution is -2.51. The fourth-order valence-electron chi connectivity index (χ4n) is 3.94. The van der Waals surface area contributed by atoms with Gasteiger partial charge in [0, 0.05) is 30.1 Å². The second-order valence-electron chi connectivity index (χ2n) is 7.85. The Morgan fingerprint density at radius 2 is 1.97 bits per heavy atom. The number of carbonyl (C=O) groups excluding carboxylic acids is 3. The van der Waals surface area contributed by atoms with Gasteiger partial charge in [-0.2, -0.15) is 0 Å². The number of nitrogens with zero attached hydrogens (tertiary/aromatic N) is 3. The third-order valence-corrected chi connectivity index (χ3v) is 7.02. The van der Waals surface area contributed by atoms with Gasteiger partial charge in [0.05, 0.1) is 18.0 Å². The number of urea groups is 1.